The molecule has 2 heterocycles. The summed E-state index contributed by atoms with van der Waals surface area (Å²) in [7, 11) is 0. The number of piperidine rings is 1. The first-order chi connectivity index (χ1) is 9.84. The van der Waals surface area contributed by atoms with Crippen LogP contribution in [0.3, 0.4) is 0 Å². The average Bonchev–Trinajstić information content (AvgIpc) is 2.53. The van der Waals surface area contributed by atoms with Crippen LogP contribution < -0.4 is 20.1 Å². The second-order valence-corrected chi connectivity index (χ2v) is 5.19. The van der Waals surface area contributed by atoms with E-state index >= 15 is 0 Å². The van der Waals surface area contributed by atoms with Crippen molar-refractivity contribution in [2.45, 2.75) is 25.3 Å². The second kappa shape index (κ2) is 6.13. The van der Waals surface area contributed by atoms with Crippen molar-refractivity contribution in [2.24, 2.45) is 0 Å². The fourth-order valence-corrected chi connectivity index (χ4v) is 2.66. The molecule has 1 fully saturated rings. The van der Waals surface area contributed by atoms with Crippen LogP contribution >= 0.6 is 0 Å². The molecule has 1 amide bonds. The van der Waals surface area contributed by atoms with E-state index in [1.54, 1.807) is 6.07 Å². The van der Waals surface area contributed by atoms with E-state index in [0.29, 0.717) is 42.9 Å². The quantitative estimate of drug-likeness (QED) is 0.874. The van der Waals surface area contributed by atoms with E-state index in [2.05, 4.69) is 10.6 Å². The number of benzene rings is 1. The molecule has 5 nitrogen and oxygen atoms in total. The summed E-state index contributed by atoms with van der Waals surface area (Å²) in [5, 5.41) is 6.40. The lowest BCUT2D eigenvalue weighted by molar-refractivity contribution is 0.0936. The van der Waals surface area contributed by atoms with Gasteiger partial charge >= 0.3 is 0 Å². The molecule has 0 aromatic heterocycles. The molecule has 1 aromatic carbocycles. The van der Waals surface area contributed by atoms with Crippen molar-refractivity contribution >= 4 is 5.91 Å². The largest absolute Gasteiger partial charge is 0.486 e. The summed E-state index contributed by atoms with van der Waals surface area (Å²) in [5.74, 6) is 1.12. The molecule has 0 spiro atoms. The van der Waals surface area contributed by atoms with Crippen LogP contribution in [0.2, 0.25) is 0 Å². The Labute approximate surface area is 118 Å². The third-order valence-corrected chi connectivity index (χ3v) is 3.73. The molecule has 1 atom stereocenters. The van der Waals surface area contributed by atoms with Gasteiger partial charge in [-0.3, -0.25) is 4.79 Å². The standard InChI is InChI=1S/C15H20N2O3/c18-15(17-10-11-4-1-2-7-16-11)12-5-3-6-13-14(12)20-9-8-19-13/h3,5-6,11,16H,1-2,4,7-10H2,(H,17,18). The maximum atomic E-state index is 12.3. The Morgan fingerprint density at radius 3 is 3.05 bits per heavy atom. The average molecular weight is 276 g/mol. The van der Waals surface area contributed by atoms with Crippen LogP contribution in [0, 0.1) is 0 Å². The van der Waals surface area contributed by atoms with Gasteiger partial charge in [0, 0.05) is 12.6 Å². The highest BCUT2D eigenvalue weighted by molar-refractivity contribution is 5.97. The molecule has 3 rings (SSSR count). The Balaban J connectivity index is 1.64. The first-order valence-corrected chi connectivity index (χ1v) is 7.25. The monoisotopic (exact) mass is 276 g/mol. The lowest BCUT2D eigenvalue weighted by atomic mass is 10.0. The van der Waals surface area contributed by atoms with Crippen molar-refractivity contribution in [3.63, 3.8) is 0 Å². The van der Waals surface area contributed by atoms with Gasteiger partial charge in [0.15, 0.2) is 11.5 Å². The molecule has 0 saturated carbocycles. The molecule has 0 bridgehead atoms. The molecule has 1 unspecified atom stereocenters. The summed E-state index contributed by atoms with van der Waals surface area (Å²) in [6, 6.07) is 5.80. The van der Waals surface area contributed by atoms with Crippen molar-refractivity contribution in [3.05, 3.63) is 23.8 Å². The van der Waals surface area contributed by atoms with Crippen LogP contribution in [-0.4, -0.2) is 38.3 Å². The van der Waals surface area contributed by atoms with Crippen molar-refractivity contribution in [3.8, 4) is 11.5 Å². The topological polar surface area (TPSA) is 59.6 Å². The summed E-state index contributed by atoms with van der Waals surface area (Å²) in [6.07, 6.45) is 3.57. The van der Waals surface area contributed by atoms with Crippen molar-refractivity contribution in [1.29, 1.82) is 0 Å². The van der Waals surface area contributed by atoms with Crippen LogP contribution in [0.5, 0.6) is 11.5 Å². The highest BCUT2D eigenvalue weighted by Crippen LogP contribution is 2.33. The number of nitrogens with one attached hydrogen (secondary N) is 2. The zero-order valence-corrected chi connectivity index (χ0v) is 11.5. The molecule has 1 saturated heterocycles. The third kappa shape index (κ3) is 2.88. The van der Waals surface area contributed by atoms with Gasteiger partial charge in [-0.15, -0.1) is 0 Å². The fraction of sp³-hybridized carbons (Fsp3) is 0.533. The van der Waals surface area contributed by atoms with Crippen LogP contribution in [0.15, 0.2) is 18.2 Å². The van der Waals surface area contributed by atoms with Gasteiger partial charge in [0.05, 0.1) is 5.56 Å². The number of para-hydroxylation sites is 1. The minimum Gasteiger partial charge on any atom is -0.486 e. The summed E-state index contributed by atoms with van der Waals surface area (Å²) in [5.41, 5.74) is 0.554. The Kier molecular flexibility index (Phi) is 4.06. The van der Waals surface area contributed by atoms with E-state index in [1.807, 2.05) is 12.1 Å². The predicted molar refractivity (Wildman–Crippen MR) is 75.4 cm³/mol. The van der Waals surface area contributed by atoms with Gasteiger partial charge in [-0.1, -0.05) is 12.5 Å². The molecule has 0 radical (unpaired) electrons. The maximum Gasteiger partial charge on any atom is 0.255 e. The van der Waals surface area contributed by atoms with Crippen molar-refractivity contribution in [2.75, 3.05) is 26.3 Å². The minimum absolute atomic E-state index is 0.0975. The van der Waals surface area contributed by atoms with Crippen molar-refractivity contribution < 1.29 is 14.3 Å². The van der Waals surface area contributed by atoms with Crippen LogP contribution in [0.1, 0.15) is 29.6 Å². The van der Waals surface area contributed by atoms with Gasteiger partial charge in [0.25, 0.3) is 5.91 Å². The lowest BCUT2D eigenvalue weighted by Crippen LogP contribution is -2.43. The van der Waals surface area contributed by atoms with Gasteiger partial charge in [-0.05, 0) is 31.5 Å². The molecule has 108 valence electrons. The Morgan fingerprint density at radius 2 is 2.20 bits per heavy atom. The van der Waals surface area contributed by atoms with Crippen LogP contribution in [0.4, 0.5) is 0 Å². The molecule has 0 aliphatic carbocycles. The summed E-state index contributed by atoms with van der Waals surface area (Å²) in [4.78, 5) is 12.3. The first kappa shape index (κ1) is 13.2. The molecule has 1 aromatic rings. The fourth-order valence-electron chi connectivity index (χ4n) is 2.66. The van der Waals surface area contributed by atoms with Crippen LogP contribution in [-0.2, 0) is 0 Å². The first-order valence-electron chi connectivity index (χ1n) is 7.25. The normalized spacial score (nSPS) is 21.3. The van der Waals surface area contributed by atoms with E-state index in [0.717, 1.165) is 13.0 Å². The summed E-state index contributed by atoms with van der Waals surface area (Å²) < 4.78 is 11.1. The molecule has 2 aliphatic rings. The minimum atomic E-state index is -0.0975. The Morgan fingerprint density at radius 1 is 1.30 bits per heavy atom. The van der Waals surface area contributed by atoms with Crippen LogP contribution in [0.25, 0.3) is 0 Å². The van der Waals surface area contributed by atoms with E-state index in [4.69, 9.17) is 9.47 Å². The zero-order valence-electron chi connectivity index (χ0n) is 11.5. The number of amides is 1. The van der Waals surface area contributed by atoms with Crippen molar-refractivity contribution in [1.82, 2.24) is 10.6 Å². The third-order valence-electron chi connectivity index (χ3n) is 3.73. The van der Waals surface area contributed by atoms with E-state index in [-0.39, 0.29) is 5.91 Å². The smallest absolute Gasteiger partial charge is 0.255 e. The number of carbonyl (C=O) groups excluding carboxylic acids is 1. The van der Waals surface area contributed by atoms with Gasteiger partial charge in [-0.25, -0.2) is 0 Å². The number of ether oxygens (including phenoxy) is 2. The maximum absolute atomic E-state index is 12.3. The van der Waals surface area contributed by atoms with Gasteiger partial charge in [-0.2, -0.15) is 0 Å². The Bertz CT molecular complexity index is 484. The number of fused-ring (bicyclic) bond motifs is 1. The highest BCUT2D eigenvalue weighted by atomic mass is 16.6. The summed E-state index contributed by atoms with van der Waals surface area (Å²) in [6.45, 7) is 2.72. The van der Waals surface area contributed by atoms with E-state index in [9.17, 15) is 4.79 Å². The molecular formula is C15H20N2O3. The van der Waals surface area contributed by atoms with E-state index in [1.165, 1.54) is 12.8 Å². The van der Waals surface area contributed by atoms with Gasteiger partial charge in [0.2, 0.25) is 0 Å². The molecule has 2 N–H and O–H groups in total. The predicted octanol–water partition coefficient (Wildman–Crippen LogP) is 1.33. The number of rotatable bonds is 3. The highest BCUT2D eigenvalue weighted by Gasteiger charge is 2.21. The van der Waals surface area contributed by atoms with Gasteiger partial charge < -0.3 is 20.1 Å². The number of hydrogen-bond donors (Lipinski definition) is 2. The second-order valence-electron chi connectivity index (χ2n) is 5.19. The summed E-state index contributed by atoms with van der Waals surface area (Å²) >= 11 is 0. The lowest BCUT2D eigenvalue weighted by Gasteiger charge is -2.24. The SMILES string of the molecule is O=C(NCC1CCCCN1)c1cccc2c1OCCO2. The molecular weight excluding hydrogens is 256 g/mol. The number of hydrogen-bond acceptors (Lipinski definition) is 4. The molecule has 20 heavy (non-hydrogen) atoms. The molecule has 2 aliphatic heterocycles. The zero-order chi connectivity index (χ0) is 13.8. The number of carbonyl (C=O) groups is 1. The molecule has 5 heteroatoms. The Hall–Kier alpha value is -1.75. The van der Waals surface area contributed by atoms with Gasteiger partial charge in [0.1, 0.15) is 13.2 Å². The van der Waals surface area contributed by atoms with E-state index < -0.39 is 0 Å².